The van der Waals surface area contributed by atoms with Gasteiger partial charge >= 0.3 is 0 Å². The van der Waals surface area contributed by atoms with Crippen molar-refractivity contribution in [2.45, 2.75) is 30.6 Å². The molecule has 0 aliphatic carbocycles. The fraction of sp³-hybridized carbons (Fsp3) is 0.500. The molecule has 2 fully saturated rings. The number of aromatic nitrogens is 1. The zero-order valence-electron chi connectivity index (χ0n) is 17.5. The third-order valence-corrected chi connectivity index (χ3v) is 8.41. The van der Waals surface area contributed by atoms with Crippen molar-refractivity contribution in [3.8, 4) is 0 Å². The number of rotatable bonds is 6. The number of ether oxygens (including phenoxy) is 1. The third kappa shape index (κ3) is 4.77. The van der Waals surface area contributed by atoms with Gasteiger partial charge in [-0.25, -0.2) is 22.2 Å². The summed E-state index contributed by atoms with van der Waals surface area (Å²) in [5, 5.41) is 3.05. The van der Waals surface area contributed by atoms with Crippen molar-refractivity contribution >= 4 is 38.1 Å². The first kappa shape index (κ1) is 23.0. The van der Waals surface area contributed by atoms with Crippen molar-refractivity contribution in [1.82, 2.24) is 9.29 Å². The summed E-state index contributed by atoms with van der Waals surface area (Å²) in [6, 6.07) is 4.06. The monoisotopic (exact) mass is 486 g/mol. The van der Waals surface area contributed by atoms with Crippen molar-refractivity contribution < 1.29 is 26.7 Å². The zero-order valence-corrected chi connectivity index (χ0v) is 19.1. The van der Waals surface area contributed by atoms with Gasteiger partial charge in [-0.05, 0) is 24.6 Å². The molecule has 174 valence electrons. The summed E-state index contributed by atoms with van der Waals surface area (Å²) in [4.78, 5) is 19.6. The predicted octanol–water partition coefficient (Wildman–Crippen LogP) is 2.82. The smallest absolute Gasteiger partial charge is 0.266 e. The molecule has 32 heavy (non-hydrogen) atoms. The lowest BCUT2D eigenvalue weighted by molar-refractivity contribution is 0.0257. The highest BCUT2D eigenvalue weighted by molar-refractivity contribution is 7.89. The van der Waals surface area contributed by atoms with Gasteiger partial charge in [0.1, 0.15) is 0 Å². The van der Waals surface area contributed by atoms with Gasteiger partial charge in [-0.2, -0.15) is 4.31 Å². The van der Waals surface area contributed by atoms with Crippen LogP contribution in [0.15, 0.2) is 29.3 Å². The van der Waals surface area contributed by atoms with E-state index in [-0.39, 0.29) is 55.4 Å². The number of thiazole rings is 1. The molecule has 8 nitrogen and oxygen atoms in total. The Hall–Kier alpha value is -2.15. The van der Waals surface area contributed by atoms with Crippen LogP contribution in [0, 0.1) is 0 Å². The number of alkyl halides is 2. The molecule has 2 aromatic rings. The number of amides is 1. The van der Waals surface area contributed by atoms with Crippen LogP contribution in [0.1, 0.15) is 28.6 Å². The molecule has 0 radical (unpaired) electrons. The van der Waals surface area contributed by atoms with Gasteiger partial charge < -0.3 is 9.64 Å². The maximum atomic E-state index is 13.8. The number of benzene rings is 1. The molecular formula is C20H24F2N4O4S2. The molecular weight excluding hydrogens is 462 g/mol. The first-order chi connectivity index (χ1) is 15.2. The average molecular weight is 487 g/mol. The van der Waals surface area contributed by atoms with Crippen LogP contribution in [0.2, 0.25) is 0 Å². The van der Waals surface area contributed by atoms with Gasteiger partial charge in [0.25, 0.3) is 11.8 Å². The summed E-state index contributed by atoms with van der Waals surface area (Å²) < 4.78 is 60.4. The Morgan fingerprint density at radius 2 is 2.03 bits per heavy atom. The van der Waals surface area contributed by atoms with E-state index in [0.29, 0.717) is 5.13 Å². The van der Waals surface area contributed by atoms with E-state index in [2.05, 4.69) is 10.3 Å². The molecule has 1 aromatic heterocycles. The fourth-order valence-electron chi connectivity index (χ4n) is 3.70. The SMILES string of the molecule is CCc1cnc(NC(=O)c2cc(S(=O)(=O)N3CCOCC3)ccc2N2CCC(F)(F)C2)s1. The molecule has 2 saturated heterocycles. The largest absolute Gasteiger partial charge is 0.379 e. The molecule has 4 rings (SSSR count). The topological polar surface area (TPSA) is 91.8 Å². The number of halogens is 2. The van der Waals surface area contributed by atoms with E-state index in [1.807, 2.05) is 6.92 Å². The second-order valence-corrected chi connectivity index (χ2v) is 10.7. The second kappa shape index (κ2) is 9.00. The summed E-state index contributed by atoms with van der Waals surface area (Å²) in [5.41, 5.74) is 0.290. The van der Waals surface area contributed by atoms with Gasteiger partial charge in [-0.1, -0.05) is 6.92 Å². The number of morpholine rings is 1. The number of aryl methyl sites for hydroxylation is 1. The summed E-state index contributed by atoms with van der Waals surface area (Å²) in [6.07, 6.45) is 2.09. The molecule has 1 amide bonds. The number of carbonyl (C=O) groups is 1. The van der Waals surface area contributed by atoms with E-state index in [1.54, 1.807) is 6.20 Å². The maximum absolute atomic E-state index is 13.8. The fourth-order valence-corrected chi connectivity index (χ4v) is 5.89. The van der Waals surface area contributed by atoms with Gasteiger partial charge in [-0.15, -0.1) is 11.3 Å². The lowest BCUT2D eigenvalue weighted by Gasteiger charge is -2.27. The number of sulfonamides is 1. The molecule has 12 heteroatoms. The summed E-state index contributed by atoms with van der Waals surface area (Å²) in [5.74, 6) is -3.45. The van der Waals surface area contributed by atoms with Crippen molar-refractivity contribution in [2.24, 2.45) is 0 Å². The quantitative estimate of drug-likeness (QED) is 0.675. The Morgan fingerprint density at radius 3 is 2.66 bits per heavy atom. The summed E-state index contributed by atoms with van der Waals surface area (Å²) in [6.45, 7) is 2.51. The van der Waals surface area contributed by atoms with Crippen LogP contribution in [0.5, 0.6) is 0 Å². The second-order valence-electron chi connectivity index (χ2n) is 7.66. The minimum absolute atomic E-state index is 0.0188. The number of hydrogen-bond acceptors (Lipinski definition) is 7. The Balaban J connectivity index is 1.69. The molecule has 0 unspecified atom stereocenters. The maximum Gasteiger partial charge on any atom is 0.266 e. The van der Waals surface area contributed by atoms with Crippen LogP contribution in [-0.4, -0.2) is 68.9 Å². The molecule has 2 aliphatic heterocycles. The third-order valence-electron chi connectivity index (χ3n) is 5.45. The molecule has 3 heterocycles. The van der Waals surface area contributed by atoms with Crippen LogP contribution in [0.25, 0.3) is 0 Å². The van der Waals surface area contributed by atoms with Crippen LogP contribution in [0.4, 0.5) is 19.6 Å². The molecule has 0 atom stereocenters. The molecule has 1 aromatic carbocycles. The van der Waals surface area contributed by atoms with Crippen LogP contribution in [0.3, 0.4) is 0 Å². The van der Waals surface area contributed by atoms with Gasteiger partial charge in [0, 0.05) is 42.8 Å². The Bertz CT molecular complexity index is 1100. The molecule has 0 spiro atoms. The minimum Gasteiger partial charge on any atom is -0.379 e. The summed E-state index contributed by atoms with van der Waals surface area (Å²) in [7, 11) is -3.86. The predicted molar refractivity (Wildman–Crippen MR) is 117 cm³/mol. The average Bonchev–Trinajstić information content (AvgIpc) is 3.39. The zero-order chi connectivity index (χ0) is 22.9. The van der Waals surface area contributed by atoms with Crippen LogP contribution in [-0.2, 0) is 21.2 Å². The number of nitrogens with zero attached hydrogens (tertiary/aromatic N) is 3. The van der Waals surface area contributed by atoms with Crippen molar-refractivity contribution in [3.63, 3.8) is 0 Å². The van der Waals surface area contributed by atoms with Gasteiger partial charge in [-0.3, -0.25) is 10.1 Å². The Kier molecular flexibility index (Phi) is 6.48. The highest BCUT2D eigenvalue weighted by atomic mass is 32.2. The van der Waals surface area contributed by atoms with E-state index in [1.165, 1.54) is 38.7 Å². The highest BCUT2D eigenvalue weighted by Gasteiger charge is 2.39. The number of anilines is 2. The van der Waals surface area contributed by atoms with Gasteiger partial charge in [0.15, 0.2) is 5.13 Å². The van der Waals surface area contributed by atoms with Gasteiger partial charge in [0.05, 0.1) is 30.2 Å². The van der Waals surface area contributed by atoms with Crippen LogP contribution >= 0.6 is 11.3 Å². The molecule has 2 aliphatic rings. The first-order valence-electron chi connectivity index (χ1n) is 10.3. The van der Waals surface area contributed by atoms with E-state index in [9.17, 15) is 22.0 Å². The first-order valence-corrected chi connectivity index (χ1v) is 12.6. The number of hydrogen-bond donors (Lipinski definition) is 1. The van der Waals surface area contributed by atoms with E-state index >= 15 is 0 Å². The highest BCUT2D eigenvalue weighted by Crippen LogP contribution is 2.34. The lowest BCUT2D eigenvalue weighted by Crippen LogP contribution is -2.40. The summed E-state index contributed by atoms with van der Waals surface area (Å²) >= 11 is 1.31. The van der Waals surface area contributed by atoms with Crippen molar-refractivity contribution in [2.75, 3.05) is 49.6 Å². The Morgan fingerprint density at radius 1 is 1.28 bits per heavy atom. The van der Waals surface area contributed by atoms with Crippen molar-refractivity contribution in [1.29, 1.82) is 0 Å². The molecule has 0 bridgehead atoms. The lowest BCUT2D eigenvalue weighted by atomic mass is 10.1. The molecule has 0 saturated carbocycles. The van der Waals surface area contributed by atoms with E-state index in [0.717, 1.165) is 11.3 Å². The van der Waals surface area contributed by atoms with E-state index < -0.39 is 28.4 Å². The minimum atomic E-state index is -3.86. The Labute approximate surface area is 189 Å². The van der Waals surface area contributed by atoms with Crippen molar-refractivity contribution in [3.05, 3.63) is 34.8 Å². The van der Waals surface area contributed by atoms with Gasteiger partial charge in [0.2, 0.25) is 10.0 Å². The molecule has 1 N–H and O–H groups in total. The van der Waals surface area contributed by atoms with E-state index in [4.69, 9.17) is 4.74 Å². The number of nitrogens with one attached hydrogen (secondary N) is 1. The van der Waals surface area contributed by atoms with Crippen LogP contribution < -0.4 is 10.2 Å². The standard InChI is InChI=1S/C20H24F2N4O4S2/c1-2-14-12-23-19(31-14)24-18(27)16-11-15(32(28,29)26-7-9-30-10-8-26)3-4-17(16)25-6-5-20(21,22)13-25/h3-4,11-12H,2,5-10,13H2,1H3,(H,23,24,27). The number of carbonyl (C=O) groups excluding carboxylic acids is 1. The normalized spacial score (nSPS) is 19.3.